The first kappa shape index (κ1) is 16.6. The summed E-state index contributed by atoms with van der Waals surface area (Å²) in [6.07, 6.45) is 6.91. The number of dihydropyridines is 1. The Bertz CT molecular complexity index is 802. The molecule has 1 aliphatic heterocycles. The van der Waals surface area contributed by atoms with E-state index in [9.17, 15) is 9.18 Å². The maximum atomic E-state index is 12.9. The minimum absolute atomic E-state index is 0.0560. The van der Waals surface area contributed by atoms with E-state index in [2.05, 4.69) is 36.0 Å². The normalized spacial score (nSPS) is 16.1. The van der Waals surface area contributed by atoms with Crippen LogP contribution >= 0.6 is 0 Å². The van der Waals surface area contributed by atoms with Crippen LogP contribution in [-0.2, 0) is 4.79 Å². The molecular formula is C16H16FN7O. The Morgan fingerprint density at radius 3 is 2.68 bits per heavy atom. The van der Waals surface area contributed by atoms with E-state index in [0.29, 0.717) is 23.6 Å². The second kappa shape index (κ2) is 7.56. The molecule has 1 unspecified atom stereocenters. The Hall–Kier alpha value is -3.23. The summed E-state index contributed by atoms with van der Waals surface area (Å²) < 4.78 is 12.9. The number of halogens is 1. The van der Waals surface area contributed by atoms with Crippen LogP contribution in [0.1, 0.15) is 31.6 Å². The van der Waals surface area contributed by atoms with E-state index in [-0.39, 0.29) is 23.6 Å². The zero-order chi connectivity index (χ0) is 17.6. The molecular weight excluding hydrogens is 325 g/mol. The van der Waals surface area contributed by atoms with E-state index in [1.165, 1.54) is 18.5 Å². The lowest BCUT2D eigenvalue weighted by Gasteiger charge is -2.13. The molecule has 0 aromatic carbocycles. The topological polar surface area (TPSA) is 106 Å². The minimum atomic E-state index is -0.377. The number of carbonyl (C=O) groups excluding carboxylic acids is 1. The lowest BCUT2D eigenvalue weighted by molar-refractivity contribution is -0.116. The molecule has 0 aliphatic carbocycles. The van der Waals surface area contributed by atoms with Gasteiger partial charge in [0.1, 0.15) is 17.6 Å². The van der Waals surface area contributed by atoms with Crippen LogP contribution in [0.2, 0.25) is 0 Å². The fourth-order valence-electron chi connectivity index (χ4n) is 2.14. The van der Waals surface area contributed by atoms with Crippen molar-refractivity contribution < 1.29 is 9.18 Å². The molecule has 2 N–H and O–H groups in total. The van der Waals surface area contributed by atoms with Gasteiger partial charge >= 0.3 is 0 Å². The molecule has 8 nitrogen and oxygen atoms in total. The predicted molar refractivity (Wildman–Crippen MR) is 88.6 cm³/mol. The number of hydrogen-bond acceptors (Lipinski definition) is 7. The van der Waals surface area contributed by atoms with Gasteiger partial charge in [0.25, 0.3) is 0 Å². The highest BCUT2D eigenvalue weighted by molar-refractivity contribution is 5.90. The van der Waals surface area contributed by atoms with E-state index in [1.807, 2.05) is 6.92 Å². The third kappa shape index (κ3) is 4.19. The summed E-state index contributed by atoms with van der Waals surface area (Å²) in [6.45, 7) is 1.94. The number of pyridine rings is 1. The molecule has 3 heterocycles. The van der Waals surface area contributed by atoms with Crippen LogP contribution in [0.25, 0.3) is 11.5 Å². The first-order chi connectivity index (χ1) is 12.2. The summed E-state index contributed by atoms with van der Waals surface area (Å²) in [6, 6.07) is 3.01. The van der Waals surface area contributed by atoms with Crippen molar-refractivity contribution in [1.82, 2.24) is 30.7 Å². The van der Waals surface area contributed by atoms with Gasteiger partial charge in [0.2, 0.25) is 11.7 Å². The number of allylic oxidation sites excluding steroid dienone is 2. The largest absolute Gasteiger partial charge is 0.375 e. The van der Waals surface area contributed by atoms with Crippen LogP contribution in [0.3, 0.4) is 0 Å². The highest BCUT2D eigenvalue weighted by Gasteiger charge is 2.15. The van der Waals surface area contributed by atoms with Crippen molar-refractivity contribution in [3.63, 3.8) is 0 Å². The summed E-state index contributed by atoms with van der Waals surface area (Å²) in [5.41, 5.74) is 1.09. The molecule has 0 bridgehead atoms. The lowest BCUT2D eigenvalue weighted by atomic mass is 10.2. The van der Waals surface area contributed by atoms with Gasteiger partial charge < -0.3 is 10.6 Å². The van der Waals surface area contributed by atoms with Crippen LogP contribution in [0, 0.1) is 0 Å². The van der Waals surface area contributed by atoms with Crippen molar-refractivity contribution in [3.05, 3.63) is 48.3 Å². The summed E-state index contributed by atoms with van der Waals surface area (Å²) in [4.78, 5) is 15.8. The SMILES string of the molecule is CCCC(=O)Nc1ccc(-c2nnc(C3C=CC(F)=CN3)nn2)nc1. The van der Waals surface area contributed by atoms with Gasteiger partial charge in [-0.05, 0) is 24.6 Å². The molecule has 2 aromatic rings. The average molecular weight is 341 g/mol. The molecule has 3 rings (SSSR count). The fraction of sp³-hybridized carbons (Fsp3) is 0.250. The Labute approximate surface area is 143 Å². The van der Waals surface area contributed by atoms with E-state index in [1.54, 1.807) is 18.2 Å². The van der Waals surface area contributed by atoms with Gasteiger partial charge in [-0.1, -0.05) is 13.0 Å². The number of aromatic nitrogens is 5. The third-order valence-corrected chi connectivity index (χ3v) is 3.37. The molecule has 25 heavy (non-hydrogen) atoms. The predicted octanol–water partition coefficient (Wildman–Crippen LogP) is 2.08. The van der Waals surface area contributed by atoms with E-state index in [0.717, 1.165) is 6.42 Å². The zero-order valence-corrected chi connectivity index (χ0v) is 13.5. The van der Waals surface area contributed by atoms with Gasteiger partial charge in [-0.25, -0.2) is 4.39 Å². The maximum absolute atomic E-state index is 12.9. The van der Waals surface area contributed by atoms with Crippen molar-refractivity contribution in [2.45, 2.75) is 25.8 Å². The lowest BCUT2D eigenvalue weighted by Crippen LogP contribution is -2.20. The average Bonchev–Trinajstić information content (AvgIpc) is 2.63. The molecule has 0 radical (unpaired) electrons. The van der Waals surface area contributed by atoms with Crippen molar-refractivity contribution in [2.75, 3.05) is 5.32 Å². The summed E-state index contributed by atoms with van der Waals surface area (Å²) in [5.74, 6) is 0.160. The van der Waals surface area contributed by atoms with Gasteiger partial charge in [-0.3, -0.25) is 9.78 Å². The van der Waals surface area contributed by atoms with Crippen LogP contribution in [0.4, 0.5) is 10.1 Å². The molecule has 2 aromatic heterocycles. The van der Waals surface area contributed by atoms with Crippen LogP contribution in [0.15, 0.2) is 42.5 Å². The van der Waals surface area contributed by atoms with Gasteiger partial charge in [-0.2, -0.15) is 0 Å². The quantitative estimate of drug-likeness (QED) is 0.857. The molecule has 0 saturated carbocycles. The van der Waals surface area contributed by atoms with Gasteiger partial charge in [0.05, 0.1) is 11.9 Å². The number of amides is 1. The van der Waals surface area contributed by atoms with E-state index < -0.39 is 0 Å². The highest BCUT2D eigenvalue weighted by Crippen LogP contribution is 2.17. The van der Waals surface area contributed by atoms with Crippen molar-refractivity contribution >= 4 is 11.6 Å². The van der Waals surface area contributed by atoms with Gasteiger partial charge in [0.15, 0.2) is 5.82 Å². The maximum Gasteiger partial charge on any atom is 0.224 e. The van der Waals surface area contributed by atoms with Crippen LogP contribution < -0.4 is 10.6 Å². The first-order valence-electron chi connectivity index (χ1n) is 7.79. The third-order valence-electron chi connectivity index (χ3n) is 3.37. The first-order valence-corrected chi connectivity index (χ1v) is 7.79. The molecule has 0 fully saturated rings. The van der Waals surface area contributed by atoms with Crippen molar-refractivity contribution in [1.29, 1.82) is 0 Å². The van der Waals surface area contributed by atoms with Crippen molar-refractivity contribution in [3.8, 4) is 11.5 Å². The number of rotatable bonds is 5. The minimum Gasteiger partial charge on any atom is -0.375 e. The second-order valence-corrected chi connectivity index (χ2v) is 5.34. The van der Waals surface area contributed by atoms with Gasteiger partial charge in [-0.15, -0.1) is 20.4 Å². The molecule has 128 valence electrons. The molecule has 0 saturated heterocycles. The molecule has 1 aliphatic rings. The molecule has 0 spiro atoms. The van der Waals surface area contributed by atoms with Crippen LogP contribution in [0.5, 0.6) is 0 Å². The second-order valence-electron chi connectivity index (χ2n) is 5.34. The Kier molecular flexibility index (Phi) is 5.03. The Morgan fingerprint density at radius 2 is 2.08 bits per heavy atom. The van der Waals surface area contributed by atoms with E-state index >= 15 is 0 Å². The fourth-order valence-corrected chi connectivity index (χ4v) is 2.14. The highest BCUT2D eigenvalue weighted by atomic mass is 19.1. The van der Waals surface area contributed by atoms with Crippen LogP contribution in [-0.4, -0.2) is 31.3 Å². The van der Waals surface area contributed by atoms with Crippen molar-refractivity contribution in [2.24, 2.45) is 0 Å². The number of anilines is 1. The standard InChI is InChI=1S/C16H16FN7O/c1-2-3-14(25)20-11-5-7-13(19-9-11)16-23-21-15(22-24-16)12-6-4-10(17)8-18-12/h4-9,12,18H,2-3H2,1H3,(H,20,25). The smallest absolute Gasteiger partial charge is 0.224 e. The number of nitrogens with zero attached hydrogens (tertiary/aromatic N) is 5. The van der Waals surface area contributed by atoms with Gasteiger partial charge in [0, 0.05) is 12.6 Å². The molecule has 1 amide bonds. The monoisotopic (exact) mass is 341 g/mol. The zero-order valence-electron chi connectivity index (χ0n) is 13.5. The summed E-state index contributed by atoms with van der Waals surface area (Å²) in [5, 5.41) is 21.6. The number of hydrogen-bond donors (Lipinski definition) is 2. The number of nitrogens with one attached hydrogen (secondary N) is 2. The number of carbonyl (C=O) groups is 1. The Morgan fingerprint density at radius 1 is 1.28 bits per heavy atom. The van der Waals surface area contributed by atoms with E-state index in [4.69, 9.17) is 0 Å². The summed E-state index contributed by atoms with van der Waals surface area (Å²) >= 11 is 0. The summed E-state index contributed by atoms with van der Waals surface area (Å²) in [7, 11) is 0. The molecule has 1 atom stereocenters. The molecule has 9 heteroatoms. The Balaban J connectivity index is 1.68.